The van der Waals surface area contributed by atoms with E-state index in [2.05, 4.69) is 6.58 Å². The van der Waals surface area contributed by atoms with E-state index in [0.717, 1.165) is 12.8 Å². The predicted molar refractivity (Wildman–Crippen MR) is 56.5 cm³/mol. The number of carbonyl (C=O) groups excluding carboxylic acids is 2. The van der Waals surface area contributed by atoms with Crippen molar-refractivity contribution in [3.63, 3.8) is 0 Å². The maximum absolute atomic E-state index is 11.4. The van der Waals surface area contributed by atoms with Gasteiger partial charge < -0.3 is 9.47 Å². The molecule has 0 amide bonds. The Morgan fingerprint density at radius 2 is 2.31 bits per heavy atom. The molecule has 3 rings (SSSR count). The zero-order valence-electron chi connectivity index (χ0n) is 9.62. The Bertz CT molecular complexity index is 360. The molecule has 4 nitrogen and oxygen atoms in total. The molecule has 1 saturated carbocycles. The number of esters is 2. The number of ether oxygens (including phenoxy) is 2. The third-order valence-electron chi connectivity index (χ3n) is 3.43. The maximum Gasteiger partial charge on any atom is 0.333 e. The Balaban J connectivity index is 2.10. The van der Waals surface area contributed by atoms with E-state index in [1.807, 2.05) is 6.92 Å². The zero-order chi connectivity index (χ0) is 11.9. The predicted octanol–water partition coefficient (Wildman–Crippen LogP) is 1.59. The molecule has 3 atom stereocenters. The number of hydrogen-bond acceptors (Lipinski definition) is 4. The third-order valence-corrected chi connectivity index (χ3v) is 3.43. The van der Waals surface area contributed by atoms with Gasteiger partial charge in [-0.3, -0.25) is 4.79 Å². The molecule has 4 heteroatoms. The average molecular weight is 224 g/mol. The molecular weight excluding hydrogens is 208 g/mol. The van der Waals surface area contributed by atoms with Gasteiger partial charge in [0.05, 0.1) is 5.92 Å². The highest BCUT2D eigenvalue weighted by Gasteiger charge is 2.52. The zero-order valence-corrected chi connectivity index (χ0v) is 9.62. The van der Waals surface area contributed by atoms with E-state index in [-0.39, 0.29) is 18.0 Å². The minimum absolute atomic E-state index is 0.107. The van der Waals surface area contributed by atoms with E-state index >= 15 is 0 Å². The van der Waals surface area contributed by atoms with Gasteiger partial charge in [0.25, 0.3) is 0 Å². The van der Waals surface area contributed by atoms with Crippen molar-refractivity contribution in [3.05, 3.63) is 12.2 Å². The molecule has 0 radical (unpaired) electrons. The molecule has 3 aliphatic rings. The molecule has 2 bridgehead atoms. The highest BCUT2D eigenvalue weighted by molar-refractivity contribution is 5.87. The second-order valence-corrected chi connectivity index (χ2v) is 4.88. The summed E-state index contributed by atoms with van der Waals surface area (Å²) in [5, 5.41) is 0. The van der Waals surface area contributed by atoms with Gasteiger partial charge in [0.1, 0.15) is 11.7 Å². The summed E-state index contributed by atoms with van der Waals surface area (Å²) in [7, 11) is 0. The molecule has 3 unspecified atom stereocenters. The number of fused-ring (bicyclic) bond motifs is 3. The highest BCUT2D eigenvalue weighted by Crippen LogP contribution is 2.43. The van der Waals surface area contributed by atoms with Gasteiger partial charge in [-0.25, -0.2) is 4.79 Å². The number of rotatable bonds is 2. The molecule has 2 heterocycles. The van der Waals surface area contributed by atoms with Crippen molar-refractivity contribution in [2.24, 2.45) is 5.92 Å². The molecule has 0 aromatic heterocycles. The lowest BCUT2D eigenvalue weighted by Crippen LogP contribution is -2.57. The fraction of sp³-hybridized carbons (Fsp3) is 0.667. The van der Waals surface area contributed by atoms with Crippen LogP contribution in [0.2, 0.25) is 0 Å². The molecule has 88 valence electrons. The Labute approximate surface area is 94.6 Å². The fourth-order valence-corrected chi connectivity index (χ4v) is 2.29. The maximum atomic E-state index is 11.4. The molecule has 0 N–H and O–H groups in total. The molecule has 3 fully saturated rings. The van der Waals surface area contributed by atoms with Crippen LogP contribution in [0.15, 0.2) is 12.2 Å². The summed E-state index contributed by atoms with van der Waals surface area (Å²) in [6.45, 7) is 6.98. The minimum atomic E-state index is -0.642. The van der Waals surface area contributed by atoms with Crippen molar-refractivity contribution in [2.75, 3.05) is 0 Å². The first kappa shape index (κ1) is 11.2. The lowest BCUT2D eigenvalue weighted by atomic mass is 9.74. The number of carbonyl (C=O) groups is 2. The van der Waals surface area contributed by atoms with Crippen LogP contribution in [0.5, 0.6) is 0 Å². The summed E-state index contributed by atoms with van der Waals surface area (Å²) < 4.78 is 10.6. The van der Waals surface area contributed by atoms with Gasteiger partial charge in [-0.15, -0.1) is 0 Å². The molecule has 16 heavy (non-hydrogen) atoms. The van der Waals surface area contributed by atoms with Crippen LogP contribution in [0.25, 0.3) is 0 Å². The first-order valence-electron chi connectivity index (χ1n) is 5.52. The van der Waals surface area contributed by atoms with Gasteiger partial charge in [0.2, 0.25) is 0 Å². The largest absolute Gasteiger partial charge is 0.455 e. The van der Waals surface area contributed by atoms with Crippen molar-refractivity contribution in [1.29, 1.82) is 0 Å². The van der Waals surface area contributed by atoms with E-state index in [1.54, 1.807) is 6.92 Å². The quantitative estimate of drug-likeness (QED) is 0.528. The SMILES string of the molecule is C=C(C)C(=O)OC1CC2CCC1(C)OC2=O. The van der Waals surface area contributed by atoms with Crippen LogP contribution in [0.4, 0.5) is 0 Å². The number of hydrogen-bond donors (Lipinski definition) is 0. The first-order chi connectivity index (χ1) is 7.42. The summed E-state index contributed by atoms with van der Waals surface area (Å²) >= 11 is 0. The Morgan fingerprint density at radius 1 is 1.62 bits per heavy atom. The third kappa shape index (κ3) is 1.72. The standard InChI is InChI=1S/C12H16O4/c1-7(2)10(13)15-9-6-8-4-5-12(9,3)16-11(8)14/h8-9H,1,4-6H2,2-3H3. The smallest absolute Gasteiger partial charge is 0.333 e. The van der Waals surface area contributed by atoms with E-state index in [0.29, 0.717) is 12.0 Å². The molecule has 2 saturated heterocycles. The monoisotopic (exact) mass is 224 g/mol. The first-order valence-corrected chi connectivity index (χ1v) is 5.52. The van der Waals surface area contributed by atoms with Crippen LogP contribution in [0, 0.1) is 5.92 Å². The van der Waals surface area contributed by atoms with Gasteiger partial charge in [0, 0.05) is 12.0 Å². The van der Waals surface area contributed by atoms with Crippen molar-refractivity contribution in [3.8, 4) is 0 Å². The van der Waals surface area contributed by atoms with Crippen LogP contribution in [-0.2, 0) is 19.1 Å². The summed E-state index contributed by atoms with van der Waals surface area (Å²) in [6.07, 6.45) is 1.84. The molecule has 0 spiro atoms. The second kappa shape index (κ2) is 3.61. The van der Waals surface area contributed by atoms with Crippen LogP contribution in [0.3, 0.4) is 0 Å². The molecule has 0 aromatic carbocycles. The normalized spacial score (nSPS) is 36.8. The van der Waals surface area contributed by atoms with Gasteiger partial charge in [-0.1, -0.05) is 6.58 Å². The van der Waals surface area contributed by atoms with Gasteiger partial charge in [-0.05, 0) is 26.7 Å². The van der Waals surface area contributed by atoms with E-state index in [1.165, 1.54) is 0 Å². The van der Waals surface area contributed by atoms with Gasteiger partial charge >= 0.3 is 11.9 Å². The molecular formula is C12H16O4. The summed E-state index contributed by atoms with van der Waals surface area (Å²) in [5.41, 5.74) is -0.270. The van der Waals surface area contributed by atoms with Crippen molar-refractivity contribution in [2.45, 2.75) is 44.8 Å². The molecule has 2 aliphatic heterocycles. The second-order valence-electron chi connectivity index (χ2n) is 4.88. The van der Waals surface area contributed by atoms with Gasteiger partial charge in [-0.2, -0.15) is 0 Å². The van der Waals surface area contributed by atoms with Crippen LogP contribution < -0.4 is 0 Å². The topological polar surface area (TPSA) is 52.6 Å². The molecule has 1 aliphatic carbocycles. The van der Waals surface area contributed by atoms with Crippen LogP contribution in [-0.4, -0.2) is 23.6 Å². The highest BCUT2D eigenvalue weighted by atomic mass is 16.6. The summed E-state index contributed by atoms with van der Waals surface area (Å²) in [6, 6.07) is 0. The van der Waals surface area contributed by atoms with Crippen LogP contribution >= 0.6 is 0 Å². The van der Waals surface area contributed by atoms with E-state index < -0.39 is 11.6 Å². The van der Waals surface area contributed by atoms with Crippen molar-refractivity contribution in [1.82, 2.24) is 0 Å². The molecule has 0 aromatic rings. The average Bonchev–Trinajstić information content (AvgIpc) is 2.19. The fourth-order valence-electron chi connectivity index (χ4n) is 2.29. The Kier molecular flexibility index (Phi) is 2.52. The lowest BCUT2D eigenvalue weighted by molar-refractivity contribution is -0.216. The van der Waals surface area contributed by atoms with E-state index in [4.69, 9.17) is 9.47 Å². The Hall–Kier alpha value is -1.32. The lowest BCUT2D eigenvalue weighted by Gasteiger charge is -2.47. The van der Waals surface area contributed by atoms with Crippen molar-refractivity contribution < 1.29 is 19.1 Å². The van der Waals surface area contributed by atoms with E-state index in [9.17, 15) is 9.59 Å². The summed E-state index contributed by atoms with van der Waals surface area (Å²) in [4.78, 5) is 22.9. The van der Waals surface area contributed by atoms with Crippen LogP contribution in [0.1, 0.15) is 33.1 Å². The Morgan fingerprint density at radius 3 is 2.81 bits per heavy atom. The van der Waals surface area contributed by atoms with Gasteiger partial charge in [0.15, 0.2) is 0 Å². The minimum Gasteiger partial charge on any atom is -0.455 e. The van der Waals surface area contributed by atoms with Crippen molar-refractivity contribution >= 4 is 11.9 Å². The summed E-state index contributed by atoms with van der Waals surface area (Å²) in [5.74, 6) is -0.670.